The normalized spacial score (nSPS) is 13.4. The molecule has 15 heavy (non-hydrogen) atoms. The summed E-state index contributed by atoms with van der Waals surface area (Å²) in [6.45, 7) is 10.9. The number of hydrogen-bond acceptors (Lipinski definition) is 2. The average Bonchev–Trinajstić information content (AvgIpc) is 2.65. The zero-order chi connectivity index (χ0) is 11.3. The second-order valence-electron chi connectivity index (χ2n) is 4.45. The molecule has 1 unspecified atom stereocenters. The Bertz CT molecular complexity index is 278. The van der Waals surface area contributed by atoms with Crippen LogP contribution in [-0.2, 0) is 6.54 Å². The summed E-state index contributed by atoms with van der Waals surface area (Å²) in [6, 6.07) is 0.519. The first kappa shape index (κ1) is 12.2. The van der Waals surface area contributed by atoms with Crippen molar-refractivity contribution in [3.63, 3.8) is 0 Å². The average molecular weight is 209 g/mol. The summed E-state index contributed by atoms with van der Waals surface area (Å²) >= 11 is 0. The van der Waals surface area contributed by atoms with E-state index in [0.29, 0.717) is 12.0 Å². The Hall–Kier alpha value is -0.830. The zero-order valence-corrected chi connectivity index (χ0v) is 10.3. The zero-order valence-electron chi connectivity index (χ0n) is 10.3. The van der Waals surface area contributed by atoms with Crippen molar-refractivity contribution in [2.75, 3.05) is 6.54 Å². The topological polar surface area (TPSA) is 29.9 Å². The second-order valence-corrected chi connectivity index (χ2v) is 4.45. The van der Waals surface area contributed by atoms with Gasteiger partial charge in [-0.1, -0.05) is 20.8 Å². The Kier molecular flexibility index (Phi) is 4.82. The summed E-state index contributed by atoms with van der Waals surface area (Å²) in [7, 11) is 0. The van der Waals surface area contributed by atoms with Gasteiger partial charge in [0.2, 0.25) is 0 Å². The summed E-state index contributed by atoms with van der Waals surface area (Å²) in [6.07, 6.45) is 5.07. The fourth-order valence-corrected chi connectivity index (χ4v) is 1.55. The van der Waals surface area contributed by atoms with Crippen molar-refractivity contribution in [2.45, 2.75) is 46.7 Å². The molecule has 0 bridgehead atoms. The quantitative estimate of drug-likeness (QED) is 0.730. The van der Waals surface area contributed by atoms with Crippen LogP contribution in [0, 0.1) is 5.92 Å². The van der Waals surface area contributed by atoms with E-state index in [1.807, 2.05) is 12.5 Å². The highest BCUT2D eigenvalue weighted by Gasteiger charge is 2.12. The van der Waals surface area contributed by atoms with Crippen LogP contribution in [0.3, 0.4) is 0 Å². The van der Waals surface area contributed by atoms with Crippen molar-refractivity contribution in [1.82, 2.24) is 14.9 Å². The number of nitrogens with one attached hydrogen (secondary N) is 1. The second kappa shape index (κ2) is 5.91. The van der Waals surface area contributed by atoms with Gasteiger partial charge >= 0.3 is 0 Å². The van der Waals surface area contributed by atoms with Gasteiger partial charge in [-0.15, -0.1) is 0 Å². The molecular formula is C12H23N3. The molecule has 0 saturated carbocycles. The van der Waals surface area contributed by atoms with Crippen LogP contribution in [0.15, 0.2) is 12.5 Å². The lowest BCUT2D eigenvalue weighted by atomic mass is 10.1. The fraction of sp³-hybridized carbons (Fsp3) is 0.750. The summed E-state index contributed by atoms with van der Waals surface area (Å²) in [5, 5.41) is 3.41. The van der Waals surface area contributed by atoms with Crippen molar-refractivity contribution >= 4 is 0 Å². The van der Waals surface area contributed by atoms with E-state index in [2.05, 4.69) is 42.6 Å². The highest BCUT2D eigenvalue weighted by atomic mass is 15.1. The first-order valence-electron chi connectivity index (χ1n) is 5.88. The summed E-state index contributed by atoms with van der Waals surface area (Å²) in [5.41, 5.74) is 1.28. The van der Waals surface area contributed by atoms with Crippen LogP contribution in [0.5, 0.6) is 0 Å². The monoisotopic (exact) mass is 209 g/mol. The van der Waals surface area contributed by atoms with Crippen molar-refractivity contribution in [3.05, 3.63) is 18.2 Å². The SMILES string of the molecule is CCCNCc1cncn1C(C)C(C)C. The first-order valence-corrected chi connectivity index (χ1v) is 5.88. The molecule has 0 aliphatic heterocycles. The van der Waals surface area contributed by atoms with Crippen LogP contribution in [0.25, 0.3) is 0 Å². The Morgan fingerprint density at radius 3 is 2.73 bits per heavy atom. The van der Waals surface area contributed by atoms with Gasteiger partial charge in [-0.3, -0.25) is 0 Å². The third kappa shape index (κ3) is 3.34. The van der Waals surface area contributed by atoms with Gasteiger partial charge in [0.15, 0.2) is 0 Å². The molecule has 1 atom stereocenters. The molecule has 3 heteroatoms. The number of hydrogen-bond donors (Lipinski definition) is 1. The van der Waals surface area contributed by atoms with E-state index in [9.17, 15) is 0 Å². The number of imidazole rings is 1. The molecule has 3 nitrogen and oxygen atoms in total. The van der Waals surface area contributed by atoms with Crippen LogP contribution in [0.4, 0.5) is 0 Å². The van der Waals surface area contributed by atoms with Gasteiger partial charge in [0.05, 0.1) is 12.0 Å². The van der Waals surface area contributed by atoms with E-state index in [4.69, 9.17) is 0 Å². The van der Waals surface area contributed by atoms with E-state index in [-0.39, 0.29) is 0 Å². The molecule has 1 heterocycles. The summed E-state index contributed by atoms with van der Waals surface area (Å²) in [5.74, 6) is 0.643. The number of rotatable bonds is 6. The first-order chi connectivity index (χ1) is 7.16. The predicted octanol–water partition coefficient (Wildman–Crippen LogP) is 2.60. The molecule has 0 spiro atoms. The molecule has 1 N–H and O–H groups in total. The van der Waals surface area contributed by atoms with E-state index >= 15 is 0 Å². The molecular weight excluding hydrogens is 186 g/mol. The van der Waals surface area contributed by atoms with Gasteiger partial charge < -0.3 is 9.88 Å². The van der Waals surface area contributed by atoms with Gasteiger partial charge in [0.1, 0.15) is 0 Å². The minimum atomic E-state index is 0.519. The Morgan fingerprint density at radius 2 is 2.13 bits per heavy atom. The largest absolute Gasteiger partial charge is 0.330 e. The highest BCUT2D eigenvalue weighted by molar-refractivity contribution is 5.00. The van der Waals surface area contributed by atoms with Crippen LogP contribution in [0.1, 0.15) is 45.9 Å². The Morgan fingerprint density at radius 1 is 1.40 bits per heavy atom. The molecule has 1 aromatic rings. The van der Waals surface area contributed by atoms with Gasteiger partial charge in [-0.25, -0.2) is 4.98 Å². The minimum Gasteiger partial charge on any atom is -0.330 e. The molecule has 0 radical (unpaired) electrons. The summed E-state index contributed by atoms with van der Waals surface area (Å²) < 4.78 is 2.27. The van der Waals surface area contributed by atoms with Gasteiger partial charge in [0, 0.05) is 18.8 Å². The highest BCUT2D eigenvalue weighted by Crippen LogP contribution is 2.18. The lowest BCUT2D eigenvalue weighted by molar-refractivity contribution is 0.394. The van der Waals surface area contributed by atoms with Gasteiger partial charge in [-0.05, 0) is 25.8 Å². The van der Waals surface area contributed by atoms with Gasteiger partial charge in [-0.2, -0.15) is 0 Å². The third-order valence-electron chi connectivity index (χ3n) is 2.88. The van der Waals surface area contributed by atoms with E-state index in [0.717, 1.165) is 13.1 Å². The van der Waals surface area contributed by atoms with Crippen LogP contribution in [-0.4, -0.2) is 16.1 Å². The molecule has 0 aliphatic carbocycles. The fourth-order valence-electron chi connectivity index (χ4n) is 1.55. The molecule has 0 fully saturated rings. The lowest BCUT2D eigenvalue weighted by Gasteiger charge is -2.20. The summed E-state index contributed by atoms with van der Waals surface area (Å²) in [4.78, 5) is 4.23. The number of aromatic nitrogens is 2. The molecule has 0 amide bonds. The van der Waals surface area contributed by atoms with Crippen LogP contribution >= 0.6 is 0 Å². The standard InChI is InChI=1S/C12H23N3/c1-5-6-13-7-12-8-14-9-15(12)11(4)10(2)3/h8-11,13H,5-7H2,1-4H3. The van der Waals surface area contributed by atoms with E-state index in [1.54, 1.807) is 0 Å². The minimum absolute atomic E-state index is 0.519. The van der Waals surface area contributed by atoms with Crippen molar-refractivity contribution < 1.29 is 0 Å². The molecule has 0 aliphatic rings. The maximum Gasteiger partial charge on any atom is 0.0951 e. The Labute approximate surface area is 92.9 Å². The molecule has 0 saturated heterocycles. The van der Waals surface area contributed by atoms with Crippen LogP contribution in [0.2, 0.25) is 0 Å². The molecule has 86 valence electrons. The van der Waals surface area contributed by atoms with Crippen molar-refractivity contribution in [1.29, 1.82) is 0 Å². The third-order valence-corrected chi connectivity index (χ3v) is 2.88. The molecule has 0 aromatic carbocycles. The van der Waals surface area contributed by atoms with Crippen molar-refractivity contribution in [3.8, 4) is 0 Å². The Balaban J connectivity index is 2.60. The van der Waals surface area contributed by atoms with E-state index in [1.165, 1.54) is 12.1 Å². The van der Waals surface area contributed by atoms with Gasteiger partial charge in [0.25, 0.3) is 0 Å². The van der Waals surface area contributed by atoms with Crippen LogP contribution < -0.4 is 5.32 Å². The molecule has 1 aromatic heterocycles. The van der Waals surface area contributed by atoms with Crippen molar-refractivity contribution in [2.24, 2.45) is 5.92 Å². The smallest absolute Gasteiger partial charge is 0.0951 e. The molecule has 1 rings (SSSR count). The predicted molar refractivity (Wildman–Crippen MR) is 63.8 cm³/mol. The lowest BCUT2D eigenvalue weighted by Crippen LogP contribution is -2.19. The van der Waals surface area contributed by atoms with E-state index < -0.39 is 0 Å². The number of nitrogens with zero attached hydrogens (tertiary/aromatic N) is 2. The maximum atomic E-state index is 4.23. The maximum absolute atomic E-state index is 4.23.